The minimum Gasteiger partial charge on any atom is -0.467 e. The summed E-state index contributed by atoms with van der Waals surface area (Å²) in [6.45, 7) is 0. The molecule has 2 rings (SSSR count). The number of rotatable bonds is 7. The van der Waals surface area contributed by atoms with Crippen LogP contribution in [0.3, 0.4) is 0 Å². The zero-order valence-corrected chi connectivity index (χ0v) is 14.8. The summed E-state index contributed by atoms with van der Waals surface area (Å²) in [5, 5.41) is 2.55. The van der Waals surface area contributed by atoms with E-state index in [4.69, 9.17) is 4.74 Å². The minimum absolute atomic E-state index is 0.217. The van der Waals surface area contributed by atoms with Gasteiger partial charge in [0, 0.05) is 0 Å². The summed E-state index contributed by atoms with van der Waals surface area (Å²) in [4.78, 5) is 24.1. The van der Waals surface area contributed by atoms with Crippen molar-refractivity contribution in [3.63, 3.8) is 0 Å². The standard InChI is InChI=1S/C20H20F3NO3/c1-27-19(26)17(11-10-14-6-3-2-4-7-14)24-18(25)13-15-8-5-9-16(12-15)20(21,22)23/h2-9,12,17H,10-11,13H2,1H3,(H,24,25)/t17-/m1/s1. The van der Waals surface area contributed by atoms with Gasteiger partial charge < -0.3 is 10.1 Å². The maximum Gasteiger partial charge on any atom is 0.416 e. The third-order valence-corrected chi connectivity index (χ3v) is 4.00. The first-order valence-corrected chi connectivity index (χ1v) is 8.37. The smallest absolute Gasteiger partial charge is 0.416 e. The fourth-order valence-corrected chi connectivity index (χ4v) is 2.64. The number of carbonyl (C=O) groups is 2. The largest absolute Gasteiger partial charge is 0.467 e. The molecule has 2 aromatic rings. The van der Waals surface area contributed by atoms with Crippen LogP contribution in [0.1, 0.15) is 23.1 Å². The summed E-state index contributed by atoms with van der Waals surface area (Å²) in [6, 6.07) is 13.1. The average Bonchev–Trinajstić information content (AvgIpc) is 2.64. The number of alkyl halides is 3. The van der Waals surface area contributed by atoms with Gasteiger partial charge in [0.25, 0.3) is 0 Å². The molecule has 0 aliphatic carbocycles. The molecule has 0 aliphatic heterocycles. The van der Waals surface area contributed by atoms with Gasteiger partial charge in [0.05, 0.1) is 19.1 Å². The molecule has 0 fully saturated rings. The van der Waals surface area contributed by atoms with E-state index in [1.807, 2.05) is 30.3 Å². The molecule has 27 heavy (non-hydrogen) atoms. The third kappa shape index (κ3) is 6.44. The monoisotopic (exact) mass is 379 g/mol. The van der Waals surface area contributed by atoms with E-state index in [0.29, 0.717) is 12.8 Å². The summed E-state index contributed by atoms with van der Waals surface area (Å²) in [5.74, 6) is -1.14. The highest BCUT2D eigenvalue weighted by Gasteiger charge is 2.30. The van der Waals surface area contributed by atoms with Crippen LogP contribution in [-0.2, 0) is 33.3 Å². The number of esters is 1. The van der Waals surface area contributed by atoms with E-state index in [-0.39, 0.29) is 12.0 Å². The zero-order valence-electron chi connectivity index (χ0n) is 14.8. The van der Waals surface area contributed by atoms with Crippen molar-refractivity contribution in [3.8, 4) is 0 Å². The van der Waals surface area contributed by atoms with E-state index < -0.39 is 29.7 Å². The Hall–Kier alpha value is -2.83. The molecule has 0 aromatic heterocycles. The molecular weight excluding hydrogens is 359 g/mol. The highest BCUT2D eigenvalue weighted by molar-refractivity contribution is 5.85. The van der Waals surface area contributed by atoms with E-state index in [9.17, 15) is 22.8 Å². The van der Waals surface area contributed by atoms with E-state index in [1.165, 1.54) is 19.2 Å². The first-order valence-electron chi connectivity index (χ1n) is 8.37. The fourth-order valence-electron chi connectivity index (χ4n) is 2.64. The van der Waals surface area contributed by atoms with Crippen LogP contribution in [0.2, 0.25) is 0 Å². The Morgan fingerprint density at radius 2 is 1.70 bits per heavy atom. The second-order valence-corrected chi connectivity index (χ2v) is 6.04. The number of hydrogen-bond acceptors (Lipinski definition) is 3. The second-order valence-electron chi connectivity index (χ2n) is 6.04. The number of methoxy groups -OCH3 is 1. The zero-order chi connectivity index (χ0) is 19.9. The Balaban J connectivity index is 2.00. The molecule has 0 saturated heterocycles. The van der Waals surface area contributed by atoms with E-state index in [1.54, 1.807) is 0 Å². The van der Waals surface area contributed by atoms with Gasteiger partial charge >= 0.3 is 12.1 Å². The van der Waals surface area contributed by atoms with Gasteiger partial charge in [0.1, 0.15) is 6.04 Å². The first-order chi connectivity index (χ1) is 12.8. The molecule has 4 nitrogen and oxygen atoms in total. The summed E-state index contributed by atoms with van der Waals surface area (Å²) in [6.07, 6.45) is -3.87. The van der Waals surface area contributed by atoms with E-state index in [2.05, 4.69) is 5.32 Å². The quantitative estimate of drug-likeness (QED) is 0.749. The number of amides is 1. The molecular formula is C20H20F3NO3. The Bertz CT molecular complexity index is 776. The predicted molar refractivity (Wildman–Crippen MR) is 93.9 cm³/mol. The normalized spacial score (nSPS) is 12.3. The first kappa shape index (κ1) is 20.5. The van der Waals surface area contributed by atoms with Crippen molar-refractivity contribution in [2.75, 3.05) is 7.11 Å². The number of ether oxygens (including phenoxy) is 1. The van der Waals surface area contributed by atoms with Gasteiger partial charge in [-0.25, -0.2) is 4.79 Å². The Morgan fingerprint density at radius 1 is 1.04 bits per heavy atom. The Kier molecular flexibility index (Phi) is 6.98. The summed E-state index contributed by atoms with van der Waals surface area (Å²) < 4.78 is 43.0. The van der Waals surface area contributed by atoms with Gasteiger partial charge in [-0.05, 0) is 30.0 Å². The molecule has 0 aliphatic rings. The van der Waals surface area contributed by atoms with Crippen molar-refractivity contribution in [1.82, 2.24) is 5.32 Å². The lowest BCUT2D eigenvalue weighted by Crippen LogP contribution is -2.42. The van der Waals surface area contributed by atoms with Crippen LogP contribution in [0, 0.1) is 0 Å². The topological polar surface area (TPSA) is 55.4 Å². The summed E-state index contributed by atoms with van der Waals surface area (Å²) in [5.41, 5.74) is 0.397. The average molecular weight is 379 g/mol. The van der Waals surface area contributed by atoms with Gasteiger partial charge in [-0.15, -0.1) is 0 Å². The van der Waals surface area contributed by atoms with E-state index >= 15 is 0 Å². The van der Waals surface area contributed by atoms with Crippen LogP contribution in [0.15, 0.2) is 54.6 Å². The van der Waals surface area contributed by atoms with Gasteiger partial charge in [-0.3, -0.25) is 4.79 Å². The molecule has 144 valence electrons. The fraction of sp³-hybridized carbons (Fsp3) is 0.300. The van der Waals surface area contributed by atoms with Crippen molar-refractivity contribution in [2.24, 2.45) is 0 Å². The van der Waals surface area contributed by atoms with Crippen molar-refractivity contribution in [3.05, 3.63) is 71.3 Å². The third-order valence-electron chi connectivity index (χ3n) is 4.00. The molecule has 0 radical (unpaired) electrons. The molecule has 0 spiro atoms. The lowest BCUT2D eigenvalue weighted by Gasteiger charge is -2.17. The molecule has 0 saturated carbocycles. The Labute approximate surface area is 155 Å². The molecule has 7 heteroatoms. The number of nitrogens with one attached hydrogen (secondary N) is 1. The predicted octanol–water partition coefficient (Wildman–Crippen LogP) is 3.54. The maximum atomic E-state index is 12.8. The molecule has 1 atom stereocenters. The van der Waals surface area contributed by atoms with Crippen molar-refractivity contribution < 1.29 is 27.5 Å². The summed E-state index contributed by atoms with van der Waals surface area (Å²) >= 11 is 0. The lowest BCUT2D eigenvalue weighted by atomic mass is 10.0. The molecule has 1 N–H and O–H groups in total. The van der Waals surface area contributed by atoms with Gasteiger partial charge in [-0.1, -0.05) is 48.5 Å². The molecule has 0 unspecified atom stereocenters. The lowest BCUT2D eigenvalue weighted by molar-refractivity contribution is -0.145. The van der Waals surface area contributed by atoms with Crippen molar-refractivity contribution in [1.29, 1.82) is 0 Å². The number of aryl methyl sites for hydroxylation is 1. The van der Waals surface area contributed by atoms with Gasteiger partial charge in [-0.2, -0.15) is 13.2 Å². The number of carbonyl (C=O) groups excluding carboxylic acids is 2. The SMILES string of the molecule is COC(=O)[C@@H](CCc1ccccc1)NC(=O)Cc1cccc(C(F)(F)F)c1. The number of hydrogen-bond donors (Lipinski definition) is 1. The van der Waals surface area contributed by atoms with Crippen LogP contribution in [0.4, 0.5) is 13.2 Å². The second kappa shape index (κ2) is 9.21. The Morgan fingerprint density at radius 3 is 2.33 bits per heavy atom. The van der Waals surface area contributed by atoms with Crippen molar-refractivity contribution >= 4 is 11.9 Å². The maximum absolute atomic E-state index is 12.8. The molecule has 2 aromatic carbocycles. The minimum atomic E-state index is -4.48. The number of halogens is 3. The van der Waals surface area contributed by atoms with Crippen LogP contribution < -0.4 is 5.32 Å². The van der Waals surface area contributed by atoms with Gasteiger partial charge in [0.15, 0.2) is 0 Å². The van der Waals surface area contributed by atoms with Crippen LogP contribution in [0.25, 0.3) is 0 Å². The highest BCUT2D eigenvalue weighted by atomic mass is 19.4. The van der Waals surface area contributed by atoms with E-state index in [0.717, 1.165) is 17.7 Å². The number of benzene rings is 2. The van der Waals surface area contributed by atoms with Crippen LogP contribution in [0.5, 0.6) is 0 Å². The van der Waals surface area contributed by atoms with Crippen molar-refractivity contribution in [2.45, 2.75) is 31.5 Å². The summed E-state index contributed by atoms with van der Waals surface area (Å²) in [7, 11) is 1.22. The van der Waals surface area contributed by atoms with Crippen LogP contribution in [-0.4, -0.2) is 25.0 Å². The molecule has 0 heterocycles. The molecule has 1 amide bonds. The molecule has 0 bridgehead atoms. The van der Waals surface area contributed by atoms with Gasteiger partial charge in [0.2, 0.25) is 5.91 Å². The highest BCUT2D eigenvalue weighted by Crippen LogP contribution is 2.29. The van der Waals surface area contributed by atoms with Crippen LogP contribution >= 0.6 is 0 Å².